The number of halogens is 2. The topological polar surface area (TPSA) is 78.5 Å². The summed E-state index contributed by atoms with van der Waals surface area (Å²) < 4.78 is 0. The molecule has 0 radical (unpaired) electrons. The van der Waals surface area contributed by atoms with Gasteiger partial charge in [0, 0.05) is 23.7 Å². The Hall–Kier alpha value is -2.57. The van der Waals surface area contributed by atoms with Crippen molar-refractivity contribution in [2.75, 3.05) is 18.4 Å². The van der Waals surface area contributed by atoms with E-state index in [1.54, 1.807) is 24.3 Å². The Kier molecular flexibility index (Phi) is 6.45. The maximum absolute atomic E-state index is 13.0. The molecule has 3 rings (SSSR count). The molecule has 1 aliphatic heterocycles. The maximum Gasteiger partial charge on any atom is 0.254 e. The van der Waals surface area contributed by atoms with Crippen LogP contribution in [0.4, 0.5) is 5.69 Å². The van der Waals surface area contributed by atoms with Gasteiger partial charge in [-0.15, -0.1) is 0 Å². The fraction of sp³-hybridized carbons (Fsp3) is 0.286. The lowest BCUT2D eigenvalue weighted by Crippen LogP contribution is -2.58. The summed E-state index contributed by atoms with van der Waals surface area (Å²) in [6.45, 7) is 4.56. The summed E-state index contributed by atoms with van der Waals surface area (Å²) in [6, 6.07) is 9.21. The SMILES string of the molecule is Cc1ccc(C(=O)N2CCNC(=O)C2CC(=O)Nc2cc(Cl)ccc2Cl)cc1C. The second-order valence-electron chi connectivity index (χ2n) is 6.98. The Morgan fingerprint density at radius 2 is 1.90 bits per heavy atom. The molecule has 2 aromatic rings. The lowest BCUT2D eigenvalue weighted by Gasteiger charge is -2.35. The fourth-order valence-electron chi connectivity index (χ4n) is 3.17. The molecule has 1 fully saturated rings. The normalized spacial score (nSPS) is 16.3. The molecule has 1 aliphatic rings. The zero-order valence-corrected chi connectivity index (χ0v) is 17.6. The van der Waals surface area contributed by atoms with Crippen LogP contribution >= 0.6 is 23.2 Å². The van der Waals surface area contributed by atoms with E-state index in [4.69, 9.17) is 23.2 Å². The molecule has 6 nitrogen and oxygen atoms in total. The van der Waals surface area contributed by atoms with Crippen LogP contribution in [0.5, 0.6) is 0 Å². The number of amides is 3. The van der Waals surface area contributed by atoms with Gasteiger partial charge >= 0.3 is 0 Å². The smallest absolute Gasteiger partial charge is 0.254 e. The summed E-state index contributed by atoms with van der Waals surface area (Å²) in [5.41, 5.74) is 2.91. The number of carbonyl (C=O) groups is 3. The van der Waals surface area contributed by atoms with Crippen LogP contribution in [0.1, 0.15) is 27.9 Å². The van der Waals surface area contributed by atoms with Crippen molar-refractivity contribution in [2.45, 2.75) is 26.3 Å². The number of piperazine rings is 1. The molecule has 2 N–H and O–H groups in total. The largest absolute Gasteiger partial charge is 0.353 e. The summed E-state index contributed by atoms with van der Waals surface area (Å²) >= 11 is 12.0. The third-order valence-corrected chi connectivity index (χ3v) is 5.49. The summed E-state index contributed by atoms with van der Waals surface area (Å²) in [5.74, 6) is -1.07. The Morgan fingerprint density at radius 3 is 2.62 bits per heavy atom. The van der Waals surface area contributed by atoms with Gasteiger partial charge in [0.15, 0.2) is 0 Å². The Bertz CT molecular complexity index is 978. The van der Waals surface area contributed by atoms with Gasteiger partial charge in [-0.25, -0.2) is 0 Å². The average molecular weight is 434 g/mol. The summed E-state index contributed by atoms with van der Waals surface area (Å²) in [4.78, 5) is 39.5. The molecular formula is C21H21Cl2N3O3. The number of anilines is 1. The van der Waals surface area contributed by atoms with E-state index in [1.807, 2.05) is 19.9 Å². The van der Waals surface area contributed by atoms with E-state index >= 15 is 0 Å². The lowest BCUT2D eigenvalue weighted by atomic mass is 10.0. The zero-order valence-electron chi connectivity index (χ0n) is 16.1. The van der Waals surface area contributed by atoms with Gasteiger partial charge in [0.1, 0.15) is 6.04 Å². The third kappa shape index (κ3) is 4.89. The van der Waals surface area contributed by atoms with E-state index < -0.39 is 11.9 Å². The number of hydrogen-bond acceptors (Lipinski definition) is 3. The second kappa shape index (κ2) is 8.84. The minimum Gasteiger partial charge on any atom is -0.353 e. The van der Waals surface area contributed by atoms with Gasteiger partial charge in [0.05, 0.1) is 17.1 Å². The van der Waals surface area contributed by atoms with Crippen LogP contribution in [0.2, 0.25) is 10.0 Å². The highest BCUT2D eigenvalue weighted by molar-refractivity contribution is 6.35. The van der Waals surface area contributed by atoms with E-state index in [1.165, 1.54) is 11.0 Å². The molecule has 152 valence electrons. The predicted octanol–water partition coefficient (Wildman–Crippen LogP) is 3.58. The van der Waals surface area contributed by atoms with Crippen LogP contribution in [0, 0.1) is 13.8 Å². The lowest BCUT2D eigenvalue weighted by molar-refractivity contribution is -0.131. The van der Waals surface area contributed by atoms with Crippen molar-refractivity contribution in [1.29, 1.82) is 0 Å². The first-order valence-electron chi connectivity index (χ1n) is 9.17. The van der Waals surface area contributed by atoms with Crippen molar-refractivity contribution in [3.8, 4) is 0 Å². The number of nitrogens with one attached hydrogen (secondary N) is 2. The Labute approximate surface area is 179 Å². The van der Waals surface area contributed by atoms with E-state index in [9.17, 15) is 14.4 Å². The molecule has 1 heterocycles. The van der Waals surface area contributed by atoms with Crippen LogP contribution in [0.3, 0.4) is 0 Å². The van der Waals surface area contributed by atoms with Crippen LogP contribution in [-0.2, 0) is 9.59 Å². The first-order chi connectivity index (χ1) is 13.8. The third-order valence-electron chi connectivity index (χ3n) is 4.93. The van der Waals surface area contributed by atoms with E-state index in [0.717, 1.165) is 11.1 Å². The van der Waals surface area contributed by atoms with Crippen LogP contribution in [0.15, 0.2) is 36.4 Å². The number of hydrogen-bond donors (Lipinski definition) is 2. The zero-order chi connectivity index (χ0) is 21.1. The molecule has 0 aliphatic carbocycles. The van der Waals surface area contributed by atoms with Crippen molar-refractivity contribution >= 4 is 46.6 Å². The molecule has 8 heteroatoms. The van der Waals surface area contributed by atoms with Gasteiger partial charge < -0.3 is 15.5 Å². The van der Waals surface area contributed by atoms with Gasteiger partial charge in [-0.3, -0.25) is 14.4 Å². The summed E-state index contributed by atoms with van der Waals surface area (Å²) in [7, 11) is 0. The summed E-state index contributed by atoms with van der Waals surface area (Å²) in [6.07, 6.45) is -0.189. The first kappa shape index (κ1) is 21.1. The Balaban J connectivity index is 1.78. The molecule has 0 bridgehead atoms. The monoisotopic (exact) mass is 433 g/mol. The highest BCUT2D eigenvalue weighted by Crippen LogP contribution is 2.26. The molecule has 0 saturated carbocycles. The number of carbonyl (C=O) groups excluding carboxylic acids is 3. The standard InChI is InChI=1S/C21H21Cl2N3O3/c1-12-3-4-14(9-13(12)2)21(29)26-8-7-24-20(28)18(26)11-19(27)25-17-10-15(22)5-6-16(17)23/h3-6,9-10,18H,7-8,11H2,1-2H3,(H,24,28)(H,25,27). The van der Waals surface area contributed by atoms with Gasteiger partial charge in [0.25, 0.3) is 5.91 Å². The minimum atomic E-state index is -0.907. The van der Waals surface area contributed by atoms with Crippen molar-refractivity contribution in [1.82, 2.24) is 10.2 Å². The fourth-order valence-corrected chi connectivity index (χ4v) is 3.51. The van der Waals surface area contributed by atoms with Gasteiger partial charge in [0.2, 0.25) is 11.8 Å². The Morgan fingerprint density at radius 1 is 1.14 bits per heavy atom. The van der Waals surface area contributed by atoms with E-state index in [0.29, 0.717) is 34.4 Å². The van der Waals surface area contributed by atoms with Gasteiger partial charge in [-0.2, -0.15) is 0 Å². The van der Waals surface area contributed by atoms with Crippen LogP contribution in [0.25, 0.3) is 0 Å². The second-order valence-corrected chi connectivity index (χ2v) is 7.82. The van der Waals surface area contributed by atoms with Crippen molar-refractivity contribution < 1.29 is 14.4 Å². The number of aryl methyl sites for hydroxylation is 2. The van der Waals surface area contributed by atoms with Gasteiger partial charge in [-0.1, -0.05) is 29.3 Å². The molecular weight excluding hydrogens is 413 g/mol. The molecule has 1 saturated heterocycles. The predicted molar refractivity (Wildman–Crippen MR) is 113 cm³/mol. The first-order valence-corrected chi connectivity index (χ1v) is 9.92. The number of nitrogens with zero attached hydrogens (tertiary/aromatic N) is 1. The molecule has 29 heavy (non-hydrogen) atoms. The molecule has 0 spiro atoms. The molecule has 3 amide bonds. The summed E-state index contributed by atoms with van der Waals surface area (Å²) in [5, 5.41) is 6.14. The highest BCUT2D eigenvalue weighted by atomic mass is 35.5. The highest BCUT2D eigenvalue weighted by Gasteiger charge is 2.35. The number of rotatable bonds is 4. The van der Waals surface area contributed by atoms with Crippen molar-refractivity contribution in [3.05, 3.63) is 63.1 Å². The molecule has 1 unspecified atom stereocenters. The molecule has 0 aromatic heterocycles. The van der Waals surface area contributed by atoms with E-state index in [2.05, 4.69) is 10.6 Å². The minimum absolute atomic E-state index is 0.189. The van der Waals surface area contributed by atoms with E-state index in [-0.39, 0.29) is 18.2 Å². The number of benzene rings is 2. The quantitative estimate of drug-likeness (QED) is 0.772. The molecule has 1 atom stereocenters. The maximum atomic E-state index is 13.0. The van der Waals surface area contributed by atoms with Crippen LogP contribution < -0.4 is 10.6 Å². The van der Waals surface area contributed by atoms with Crippen molar-refractivity contribution in [3.63, 3.8) is 0 Å². The van der Waals surface area contributed by atoms with Crippen molar-refractivity contribution in [2.24, 2.45) is 0 Å². The molecule has 2 aromatic carbocycles. The van der Waals surface area contributed by atoms with Crippen LogP contribution in [-0.4, -0.2) is 41.8 Å². The average Bonchev–Trinajstić information content (AvgIpc) is 2.68. The van der Waals surface area contributed by atoms with Gasteiger partial charge in [-0.05, 0) is 55.3 Å².